The smallest absolute Gasteiger partial charge is 0.0695 e. The molecule has 130 valence electrons. The highest BCUT2D eigenvalue weighted by atomic mass is 15.2. The first-order valence-electron chi connectivity index (χ1n) is 8.71. The minimum atomic E-state index is 0.878. The van der Waals surface area contributed by atoms with Crippen LogP contribution in [0.4, 0.5) is 0 Å². The van der Waals surface area contributed by atoms with Crippen LogP contribution in [0, 0.1) is 0 Å². The van der Waals surface area contributed by atoms with Gasteiger partial charge in [0.05, 0.1) is 11.9 Å². The minimum absolute atomic E-state index is 0.878. The summed E-state index contributed by atoms with van der Waals surface area (Å²) in [5, 5.41) is 7.46. The molecular formula is C21H26N4. The highest BCUT2D eigenvalue weighted by molar-refractivity contribution is 5.62. The fourth-order valence-corrected chi connectivity index (χ4v) is 2.92. The molecule has 0 aliphatic heterocycles. The maximum atomic E-state index is 4.29. The van der Waals surface area contributed by atoms with E-state index in [4.69, 9.17) is 0 Å². The predicted octanol–water partition coefficient (Wildman–Crippen LogP) is 3.64. The van der Waals surface area contributed by atoms with Crippen LogP contribution in [0.1, 0.15) is 11.1 Å². The first-order chi connectivity index (χ1) is 12.2. The standard InChI is InChI=1S/C21H26N4/c1-24(2)13-14-25(16-18-9-5-3-6-10-18)17-20-15-22-23-21(20)19-11-7-4-8-12-19/h3-12,15H,13-14,16-17H2,1-2H3,(H,22,23). The Balaban J connectivity index is 1.77. The summed E-state index contributed by atoms with van der Waals surface area (Å²) in [7, 11) is 4.24. The van der Waals surface area contributed by atoms with Gasteiger partial charge in [0.25, 0.3) is 0 Å². The van der Waals surface area contributed by atoms with Crippen molar-refractivity contribution >= 4 is 0 Å². The van der Waals surface area contributed by atoms with Gasteiger partial charge in [0.2, 0.25) is 0 Å². The van der Waals surface area contributed by atoms with Gasteiger partial charge in [0.1, 0.15) is 0 Å². The average molecular weight is 334 g/mol. The van der Waals surface area contributed by atoms with Crippen LogP contribution in [-0.4, -0.2) is 47.2 Å². The van der Waals surface area contributed by atoms with E-state index in [0.717, 1.165) is 31.9 Å². The predicted molar refractivity (Wildman–Crippen MR) is 103 cm³/mol. The van der Waals surface area contributed by atoms with Crippen LogP contribution >= 0.6 is 0 Å². The number of H-pyrrole nitrogens is 1. The Bertz CT molecular complexity index is 750. The van der Waals surface area contributed by atoms with Gasteiger partial charge in [-0.15, -0.1) is 0 Å². The van der Waals surface area contributed by atoms with Crippen LogP contribution in [0.15, 0.2) is 66.9 Å². The molecule has 0 atom stereocenters. The average Bonchev–Trinajstić information content (AvgIpc) is 3.09. The topological polar surface area (TPSA) is 35.2 Å². The quantitative estimate of drug-likeness (QED) is 0.683. The molecule has 4 nitrogen and oxygen atoms in total. The second-order valence-corrected chi connectivity index (χ2v) is 6.64. The third-order valence-corrected chi connectivity index (χ3v) is 4.29. The number of hydrogen-bond acceptors (Lipinski definition) is 3. The molecule has 2 aromatic carbocycles. The molecule has 0 saturated heterocycles. The van der Waals surface area contributed by atoms with Crippen molar-refractivity contribution in [1.29, 1.82) is 0 Å². The van der Waals surface area contributed by atoms with Crippen molar-refractivity contribution in [3.8, 4) is 11.3 Å². The fourth-order valence-electron chi connectivity index (χ4n) is 2.92. The molecule has 0 spiro atoms. The van der Waals surface area contributed by atoms with Crippen molar-refractivity contribution in [3.05, 3.63) is 78.0 Å². The summed E-state index contributed by atoms with van der Waals surface area (Å²) in [5.74, 6) is 0. The largest absolute Gasteiger partial charge is 0.308 e. The lowest BCUT2D eigenvalue weighted by Crippen LogP contribution is -2.31. The Kier molecular flexibility index (Phi) is 5.99. The summed E-state index contributed by atoms with van der Waals surface area (Å²) < 4.78 is 0. The number of hydrogen-bond donors (Lipinski definition) is 1. The van der Waals surface area contributed by atoms with Crippen molar-refractivity contribution in [2.45, 2.75) is 13.1 Å². The van der Waals surface area contributed by atoms with Crippen LogP contribution < -0.4 is 0 Å². The van der Waals surface area contributed by atoms with Crippen molar-refractivity contribution in [3.63, 3.8) is 0 Å². The molecule has 0 amide bonds. The lowest BCUT2D eigenvalue weighted by molar-refractivity contribution is 0.226. The van der Waals surface area contributed by atoms with Gasteiger partial charge in [-0.2, -0.15) is 5.10 Å². The zero-order valence-corrected chi connectivity index (χ0v) is 15.0. The highest BCUT2D eigenvalue weighted by Gasteiger charge is 2.13. The molecule has 3 aromatic rings. The number of benzene rings is 2. The molecule has 4 heteroatoms. The van der Waals surface area contributed by atoms with Gasteiger partial charge in [-0.3, -0.25) is 10.00 Å². The van der Waals surface area contributed by atoms with Crippen molar-refractivity contribution < 1.29 is 0 Å². The van der Waals surface area contributed by atoms with Gasteiger partial charge in [0.15, 0.2) is 0 Å². The third kappa shape index (κ3) is 5.02. The number of aromatic nitrogens is 2. The zero-order valence-electron chi connectivity index (χ0n) is 15.0. The molecule has 0 bridgehead atoms. The molecule has 0 aliphatic carbocycles. The van der Waals surface area contributed by atoms with Crippen LogP contribution in [0.3, 0.4) is 0 Å². The Morgan fingerprint density at radius 3 is 2.20 bits per heavy atom. The summed E-state index contributed by atoms with van der Waals surface area (Å²) in [6.07, 6.45) is 1.95. The summed E-state index contributed by atoms with van der Waals surface area (Å²) in [6.45, 7) is 3.87. The maximum Gasteiger partial charge on any atom is 0.0695 e. The summed E-state index contributed by atoms with van der Waals surface area (Å²) in [5.41, 5.74) is 4.87. The molecule has 3 rings (SSSR count). The molecule has 25 heavy (non-hydrogen) atoms. The molecule has 0 aliphatic rings. The molecule has 1 N–H and O–H groups in total. The fraction of sp³-hybridized carbons (Fsp3) is 0.286. The SMILES string of the molecule is CN(C)CCN(Cc1ccccc1)Cc1cn[nH]c1-c1ccccc1. The molecule has 1 heterocycles. The number of likely N-dealkylation sites (N-methyl/N-ethyl adjacent to an activating group) is 1. The van der Waals surface area contributed by atoms with E-state index in [1.54, 1.807) is 0 Å². The van der Waals surface area contributed by atoms with Crippen LogP contribution in [-0.2, 0) is 13.1 Å². The second kappa shape index (κ2) is 8.60. The summed E-state index contributed by atoms with van der Waals surface area (Å²) >= 11 is 0. The molecular weight excluding hydrogens is 308 g/mol. The normalized spacial score (nSPS) is 11.4. The number of aromatic amines is 1. The van der Waals surface area contributed by atoms with Gasteiger partial charge in [0, 0.05) is 31.7 Å². The molecule has 0 unspecified atom stereocenters. The van der Waals surface area contributed by atoms with E-state index >= 15 is 0 Å². The first-order valence-corrected chi connectivity index (χ1v) is 8.71. The van der Waals surface area contributed by atoms with E-state index in [-0.39, 0.29) is 0 Å². The lowest BCUT2D eigenvalue weighted by Gasteiger charge is -2.24. The summed E-state index contributed by atoms with van der Waals surface area (Å²) in [4.78, 5) is 4.71. The van der Waals surface area contributed by atoms with E-state index in [2.05, 4.69) is 88.7 Å². The van der Waals surface area contributed by atoms with Gasteiger partial charge in [-0.05, 0) is 25.2 Å². The van der Waals surface area contributed by atoms with E-state index < -0.39 is 0 Å². The second-order valence-electron chi connectivity index (χ2n) is 6.64. The van der Waals surface area contributed by atoms with Crippen LogP contribution in [0.25, 0.3) is 11.3 Å². The molecule has 0 fully saturated rings. The minimum Gasteiger partial charge on any atom is -0.308 e. The van der Waals surface area contributed by atoms with Gasteiger partial charge in [-0.1, -0.05) is 60.7 Å². The zero-order chi connectivity index (χ0) is 17.5. The molecule has 0 saturated carbocycles. The van der Waals surface area contributed by atoms with Crippen molar-refractivity contribution in [1.82, 2.24) is 20.0 Å². The highest BCUT2D eigenvalue weighted by Crippen LogP contribution is 2.22. The van der Waals surface area contributed by atoms with E-state index in [0.29, 0.717) is 0 Å². The lowest BCUT2D eigenvalue weighted by atomic mass is 10.1. The van der Waals surface area contributed by atoms with Gasteiger partial charge in [-0.25, -0.2) is 0 Å². The van der Waals surface area contributed by atoms with E-state index in [1.807, 2.05) is 12.3 Å². The molecule has 1 aromatic heterocycles. The number of nitrogens with one attached hydrogen (secondary N) is 1. The number of rotatable bonds is 8. The van der Waals surface area contributed by atoms with Crippen LogP contribution in [0.5, 0.6) is 0 Å². The first kappa shape index (κ1) is 17.4. The van der Waals surface area contributed by atoms with Crippen LogP contribution in [0.2, 0.25) is 0 Å². The Hall–Kier alpha value is -2.43. The van der Waals surface area contributed by atoms with E-state index in [1.165, 1.54) is 16.7 Å². The van der Waals surface area contributed by atoms with Gasteiger partial charge < -0.3 is 4.90 Å². The Morgan fingerprint density at radius 2 is 1.52 bits per heavy atom. The van der Waals surface area contributed by atoms with Gasteiger partial charge >= 0.3 is 0 Å². The number of nitrogens with zero attached hydrogens (tertiary/aromatic N) is 3. The Morgan fingerprint density at radius 1 is 0.840 bits per heavy atom. The maximum absolute atomic E-state index is 4.29. The van der Waals surface area contributed by atoms with Crippen molar-refractivity contribution in [2.24, 2.45) is 0 Å². The van der Waals surface area contributed by atoms with E-state index in [9.17, 15) is 0 Å². The Labute approximate surface area is 150 Å². The monoisotopic (exact) mass is 334 g/mol. The third-order valence-electron chi connectivity index (χ3n) is 4.29. The summed E-state index contributed by atoms with van der Waals surface area (Å²) in [6, 6.07) is 21.1. The van der Waals surface area contributed by atoms with Crippen molar-refractivity contribution in [2.75, 3.05) is 27.2 Å². The molecule has 0 radical (unpaired) electrons.